The SMILES string of the molecule is CSc1ccc(S(=O)(=O)N2CCC(C(=O)Nc3cccc4c3C(=O)N(C)C4=O)CC2)cc1. The molecule has 10 heteroatoms. The largest absolute Gasteiger partial charge is 0.325 e. The standard InChI is InChI=1S/C22H23N3O5S2/c1-24-21(27)17-4-3-5-18(19(17)22(24)28)23-20(26)14-10-12-25(13-11-14)32(29,30)16-8-6-15(31-2)7-9-16/h3-9,14H,10-13H2,1-2H3,(H,23,26). The molecular formula is C22H23N3O5S2. The third kappa shape index (κ3) is 3.94. The van der Waals surface area contributed by atoms with Crippen molar-refractivity contribution in [2.45, 2.75) is 22.6 Å². The van der Waals surface area contributed by atoms with Crippen molar-refractivity contribution in [2.24, 2.45) is 5.92 Å². The number of anilines is 1. The molecule has 2 aliphatic heterocycles. The molecule has 3 amide bonds. The zero-order chi connectivity index (χ0) is 23.0. The molecule has 2 aromatic carbocycles. The number of imide groups is 1. The first kappa shape index (κ1) is 22.5. The Hall–Kier alpha value is -2.69. The van der Waals surface area contributed by atoms with E-state index in [1.165, 1.54) is 11.4 Å². The van der Waals surface area contributed by atoms with Crippen molar-refractivity contribution in [3.05, 3.63) is 53.6 Å². The van der Waals surface area contributed by atoms with Gasteiger partial charge in [0.15, 0.2) is 0 Å². The maximum absolute atomic E-state index is 12.9. The molecule has 0 spiro atoms. The Morgan fingerprint density at radius 1 is 1.03 bits per heavy atom. The molecule has 2 aromatic rings. The lowest BCUT2D eigenvalue weighted by Gasteiger charge is -2.30. The molecule has 0 atom stereocenters. The smallest absolute Gasteiger partial charge is 0.263 e. The van der Waals surface area contributed by atoms with Gasteiger partial charge in [-0.3, -0.25) is 19.3 Å². The fourth-order valence-electron chi connectivity index (χ4n) is 4.00. The number of hydrogen-bond acceptors (Lipinski definition) is 6. The Labute approximate surface area is 191 Å². The average molecular weight is 474 g/mol. The first-order valence-corrected chi connectivity index (χ1v) is 12.8. The number of nitrogens with one attached hydrogen (secondary N) is 1. The van der Waals surface area contributed by atoms with Crippen LogP contribution in [-0.4, -0.2) is 61.7 Å². The van der Waals surface area contributed by atoms with Gasteiger partial charge >= 0.3 is 0 Å². The van der Waals surface area contributed by atoms with Gasteiger partial charge in [-0.25, -0.2) is 8.42 Å². The summed E-state index contributed by atoms with van der Waals surface area (Å²) in [6.07, 6.45) is 2.67. The van der Waals surface area contributed by atoms with Crippen molar-refractivity contribution < 1.29 is 22.8 Å². The fraction of sp³-hybridized carbons (Fsp3) is 0.318. The van der Waals surface area contributed by atoms with Gasteiger partial charge in [-0.1, -0.05) is 6.07 Å². The highest BCUT2D eigenvalue weighted by atomic mass is 32.2. The lowest BCUT2D eigenvalue weighted by molar-refractivity contribution is -0.120. The molecule has 0 saturated carbocycles. The van der Waals surface area contributed by atoms with E-state index in [1.807, 2.05) is 6.26 Å². The number of hydrogen-bond donors (Lipinski definition) is 1. The summed E-state index contributed by atoms with van der Waals surface area (Å²) in [7, 11) is -2.21. The molecule has 0 aromatic heterocycles. The molecule has 0 unspecified atom stereocenters. The summed E-state index contributed by atoms with van der Waals surface area (Å²) >= 11 is 1.54. The second kappa shape index (κ2) is 8.68. The van der Waals surface area contributed by atoms with Gasteiger partial charge in [0.2, 0.25) is 15.9 Å². The van der Waals surface area contributed by atoms with Crippen LogP contribution in [0, 0.1) is 5.92 Å². The van der Waals surface area contributed by atoms with Crippen molar-refractivity contribution in [3.8, 4) is 0 Å². The number of carbonyl (C=O) groups excluding carboxylic acids is 3. The Kier molecular flexibility index (Phi) is 6.11. The van der Waals surface area contributed by atoms with Crippen LogP contribution < -0.4 is 5.32 Å². The van der Waals surface area contributed by atoms with Crippen LogP contribution in [0.25, 0.3) is 0 Å². The van der Waals surface area contributed by atoms with Crippen LogP contribution in [-0.2, 0) is 14.8 Å². The maximum Gasteiger partial charge on any atom is 0.263 e. The Balaban J connectivity index is 1.43. The molecular weight excluding hydrogens is 450 g/mol. The lowest BCUT2D eigenvalue weighted by atomic mass is 9.96. The normalized spacial score (nSPS) is 17.5. The number of benzene rings is 2. The number of sulfonamides is 1. The summed E-state index contributed by atoms with van der Waals surface area (Å²) in [6, 6.07) is 11.5. The van der Waals surface area contributed by atoms with E-state index in [0.717, 1.165) is 9.80 Å². The van der Waals surface area contributed by atoms with Crippen LogP contribution in [0.3, 0.4) is 0 Å². The summed E-state index contributed by atoms with van der Waals surface area (Å²) < 4.78 is 27.3. The van der Waals surface area contributed by atoms with Crippen LogP contribution in [0.2, 0.25) is 0 Å². The topological polar surface area (TPSA) is 104 Å². The lowest BCUT2D eigenvalue weighted by Crippen LogP contribution is -2.41. The third-order valence-electron chi connectivity index (χ3n) is 5.90. The van der Waals surface area contributed by atoms with Crippen molar-refractivity contribution in [2.75, 3.05) is 31.7 Å². The Morgan fingerprint density at radius 2 is 1.69 bits per heavy atom. The van der Waals surface area contributed by atoms with Gasteiger partial charge in [-0.15, -0.1) is 11.8 Å². The zero-order valence-electron chi connectivity index (χ0n) is 17.7. The first-order valence-electron chi connectivity index (χ1n) is 10.1. The zero-order valence-corrected chi connectivity index (χ0v) is 19.3. The van der Waals surface area contributed by atoms with E-state index in [1.54, 1.807) is 54.2 Å². The maximum atomic E-state index is 12.9. The van der Waals surface area contributed by atoms with E-state index in [2.05, 4.69) is 5.32 Å². The van der Waals surface area contributed by atoms with E-state index in [-0.39, 0.29) is 40.9 Å². The summed E-state index contributed by atoms with van der Waals surface area (Å²) in [4.78, 5) is 39.6. The van der Waals surface area contributed by atoms with Crippen molar-refractivity contribution in [3.63, 3.8) is 0 Å². The molecule has 32 heavy (non-hydrogen) atoms. The fourth-order valence-corrected chi connectivity index (χ4v) is 5.87. The number of nitrogens with zero attached hydrogens (tertiary/aromatic N) is 2. The van der Waals surface area contributed by atoms with Gasteiger partial charge in [0, 0.05) is 31.0 Å². The van der Waals surface area contributed by atoms with Gasteiger partial charge in [0.1, 0.15) is 0 Å². The number of fused-ring (bicyclic) bond motifs is 1. The number of piperidine rings is 1. The highest BCUT2D eigenvalue weighted by Crippen LogP contribution is 2.30. The second-order valence-electron chi connectivity index (χ2n) is 7.74. The molecule has 2 aliphatic rings. The van der Waals surface area contributed by atoms with E-state index < -0.39 is 21.8 Å². The van der Waals surface area contributed by atoms with Gasteiger partial charge in [-0.05, 0) is 55.5 Å². The monoisotopic (exact) mass is 473 g/mol. The third-order valence-corrected chi connectivity index (χ3v) is 8.55. The highest BCUT2D eigenvalue weighted by Gasteiger charge is 2.36. The molecule has 168 valence electrons. The molecule has 1 saturated heterocycles. The van der Waals surface area contributed by atoms with Crippen LogP contribution in [0.1, 0.15) is 33.6 Å². The molecule has 0 bridgehead atoms. The molecule has 1 fully saturated rings. The summed E-state index contributed by atoms with van der Waals surface area (Å²) in [5.41, 5.74) is 0.768. The predicted molar refractivity (Wildman–Crippen MR) is 121 cm³/mol. The second-order valence-corrected chi connectivity index (χ2v) is 10.6. The van der Waals surface area contributed by atoms with Gasteiger partial charge in [0.25, 0.3) is 11.8 Å². The number of thioether (sulfide) groups is 1. The molecule has 1 N–H and O–H groups in total. The van der Waals surface area contributed by atoms with Crippen molar-refractivity contribution in [1.82, 2.24) is 9.21 Å². The minimum atomic E-state index is -3.62. The number of amides is 3. The van der Waals surface area contributed by atoms with Crippen molar-refractivity contribution >= 4 is 45.2 Å². The predicted octanol–water partition coefficient (Wildman–Crippen LogP) is 2.67. The van der Waals surface area contributed by atoms with E-state index >= 15 is 0 Å². The Morgan fingerprint density at radius 3 is 2.31 bits per heavy atom. The Bertz CT molecular complexity index is 1190. The minimum absolute atomic E-state index is 0.196. The van der Waals surface area contributed by atoms with E-state index in [0.29, 0.717) is 18.5 Å². The summed E-state index contributed by atoms with van der Waals surface area (Å²) in [6.45, 7) is 0.468. The molecule has 2 heterocycles. The van der Waals surface area contributed by atoms with Crippen molar-refractivity contribution in [1.29, 1.82) is 0 Å². The van der Waals surface area contributed by atoms with Gasteiger partial charge in [0.05, 0.1) is 21.7 Å². The highest BCUT2D eigenvalue weighted by molar-refractivity contribution is 7.98. The summed E-state index contributed by atoms with van der Waals surface area (Å²) in [5.74, 6) is -1.52. The quantitative estimate of drug-likeness (QED) is 0.529. The van der Waals surface area contributed by atoms with Crippen LogP contribution >= 0.6 is 11.8 Å². The van der Waals surface area contributed by atoms with Crippen LogP contribution in [0.15, 0.2) is 52.3 Å². The molecule has 0 radical (unpaired) electrons. The van der Waals surface area contributed by atoms with E-state index in [4.69, 9.17) is 0 Å². The van der Waals surface area contributed by atoms with Gasteiger partial charge in [-0.2, -0.15) is 4.31 Å². The molecule has 8 nitrogen and oxygen atoms in total. The van der Waals surface area contributed by atoms with Crippen LogP contribution in [0.5, 0.6) is 0 Å². The average Bonchev–Trinajstić information content (AvgIpc) is 3.04. The molecule has 0 aliphatic carbocycles. The summed E-state index contributed by atoms with van der Waals surface area (Å²) in [5, 5.41) is 2.77. The number of carbonyl (C=O) groups is 3. The molecule has 4 rings (SSSR count). The first-order chi connectivity index (χ1) is 15.2. The van der Waals surface area contributed by atoms with Gasteiger partial charge < -0.3 is 5.32 Å². The van der Waals surface area contributed by atoms with E-state index in [9.17, 15) is 22.8 Å². The number of rotatable bonds is 5. The van der Waals surface area contributed by atoms with Crippen LogP contribution in [0.4, 0.5) is 5.69 Å². The minimum Gasteiger partial charge on any atom is -0.325 e.